The average Bonchev–Trinajstić information content (AvgIpc) is 2.64. The number of hydrogen-bond donors (Lipinski definition) is 1. The van der Waals surface area contributed by atoms with Crippen molar-refractivity contribution in [1.29, 1.82) is 0 Å². The number of hydrazone groups is 1. The van der Waals surface area contributed by atoms with Crippen molar-refractivity contribution in [3.8, 4) is 0 Å². The highest BCUT2D eigenvalue weighted by Gasteiger charge is 2.08. The van der Waals surface area contributed by atoms with E-state index in [1.54, 1.807) is 12.1 Å². The van der Waals surface area contributed by atoms with Crippen molar-refractivity contribution in [2.45, 2.75) is 6.42 Å². The molecule has 0 fully saturated rings. The van der Waals surface area contributed by atoms with Crippen LogP contribution in [0.3, 0.4) is 0 Å². The van der Waals surface area contributed by atoms with E-state index < -0.39 is 4.92 Å². The molecule has 0 heterocycles. The van der Waals surface area contributed by atoms with Gasteiger partial charge in [0.25, 0.3) is 5.69 Å². The zero-order valence-corrected chi connectivity index (χ0v) is 15.1. The van der Waals surface area contributed by atoms with Gasteiger partial charge in [0.15, 0.2) is 0 Å². The molecule has 0 unspecified atom stereocenters. The molecular formula is C19H14BrN3O3. The molecule has 1 amide bonds. The molecule has 0 bridgehead atoms. The summed E-state index contributed by atoms with van der Waals surface area (Å²) in [5.74, 6) is -0.265. The molecule has 7 heteroatoms. The number of nitro benzene ring substituents is 1. The van der Waals surface area contributed by atoms with Gasteiger partial charge in [0.1, 0.15) is 0 Å². The Balaban J connectivity index is 1.69. The van der Waals surface area contributed by atoms with Crippen LogP contribution in [0.1, 0.15) is 11.1 Å². The summed E-state index contributed by atoms with van der Waals surface area (Å²) in [5.41, 5.74) is 3.86. The Morgan fingerprint density at radius 3 is 2.65 bits per heavy atom. The SMILES string of the molecule is O=C(Cc1ccc(Br)c2ccccc12)N/N=C\c1cccc([N+](=O)[O-])c1. The van der Waals surface area contributed by atoms with E-state index >= 15 is 0 Å². The van der Waals surface area contributed by atoms with Gasteiger partial charge in [-0.2, -0.15) is 5.10 Å². The van der Waals surface area contributed by atoms with Crippen molar-refractivity contribution in [3.63, 3.8) is 0 Å². The summed E-state index contributed by atoms with van der Waals surface area (Å²) >= 11 is 3.51. The lowest BCUT2D eigenvalue weighted by Crippen LogP contribution is -2.19. The van der Waals surface area contributed by atoms with Crippen LogP contribution in [0.5, 0.6) is 0 Å². The highest BCUT2D eigenvalue weighted by molar-refractivity contribution is 9.10. The van der Waals surface area contributed by atoms with Gasteiger partial charge in [-0.05, 0) is 22.4 Å². The number of nitro groups is 1. The molecule has 0 saturated heterocycles. The minimum absolute atomic E-state index is 0.0263. The number of amides is 1. The summed E-state index contributed by atoms with van der Waals surface area (Å²) < 4.78 is 0.973. The molecule has 0 radical (unpaired) electrons. The van der Waals surface area contributed by atoms with Gasteiger partial charge in [-0.1, -0.05) is 58.4 Å². The first-order valence-corrected chi connectivity index (χ1v) is 8.56. The number of nitrogens with one attached hydrogen (secondary N) is 1. The number of carbonyl (C=O) groups is 1. The molecule has 6 nitrogen and oxygen atoms in total. The van der Waals surface area contributed by atoms with Crippen molar-refractivity contribution < 1.29 is 9.72 Å². The summed E-state index contributed by atoms with van der Waals surface area (Å²) in [4.78, 5) is 22.4. The van der Waals surface area contributed by atoms with Crippen LogP contribution < -0.4 is 5.43 Å². The van der Waals surface area contributed by atoms with Crippen molar-refractivity contribution in [2.75, 3.05) is 0 Å². The van der Waals surface area contributed by atoms with Crippen LogP contribution in [-0.4, -0.2) is 17.0 Å². The van der Waals surface area contributed by atoms with Gasteiger partial charge in [0.2, 0.25) is 5.91 Å². The zero-order chi connectivity index (χ0) is 18.5. The number of halogens is 1. The first-order valence-electron chi connectivity index (χ1n) is 7.77. The Hall–Kier alpha value is -3.06. The standard InChI is InChI=1S/C19H14BrN3O3/c20-18-9-8-14(16-6-1-2-7-17(16)18)11-19(24)22-21-12-13-4-3-5-15(10-13)23(25)26/h1-10,12H,11H2,(H,22,24)/b21-12-. The third-order valence-corrected chi connectivity index (χ3v) is 4.49. The fourth-order valence-corrected chi connectivity index (χ4v) is 3.07. The Morgan fingerprint density at radius 1 is 1.12 bits per heavy atom. The van der Waals surface area contributed by atoms with E-state index in [1.807, 2.05) is 36.4 Å². The number of non-ortho nitro benzene ring substituents is 1. The maximum Gasteiger partial charge on any atom is 0.270 e. The lowest BCUT2D eigenvalue weighted by molar-refractivity contribution is -0.384. The smallest absolute Gasteiger partial charge is 0.270 e. The minimum Gasteiger partial charge on any atom is -0.273 e. The van der Waals surface area contributed by atoms with Crippen LogP contribution >= 0.6 is 15.9 Å². The Labute approximate surface area is 157 Å². The average molecular weight is 412 g/mol. The summed E-state index contributed by atoms with van der Waals surface area (Å²) in [6.45, 7) is 0. The second-order valence-corrected chi connectivity index (χ2v) is 6.43. The highest BCUT2D eigenvalue weighted by atomic mass is 79.9. The van der Waals surface area contributed by atoms with Gasteiger partial charge in [-0.25, -0.2) is 5.43 Å². The van der Waals surface area contributed by atoms with Crippen molar-refractivity contribution >= 4 is 44.5 Å². The summed E-state index contributed by atoms with van der Waals surface area (Å²) in [6.07, 6.45) is 1.56. The number of hydrogen-bond acceptors (Lipinski definition) is 4. The van der Waals surface area contributed by atoms with E-state index in [4.69, 9.17) is 0 Å². The summed E-state index contributed by atoms with van der Waals surface area (Å²) in [5, 5.41) is 16.7. The Kier molecular flexibility index (Phi) is 5.38. The van der Waals surface area contributed by atoms with E-state index in [2.05, 4.69) is 26.5 Å². The van der Waals surface area contributed by atoms with Gasteiger partial charge in [-0.3, -0.25) is 14.9 Å². The quantitative estimate of drug-likeness (QED) is 0.387. The minimum atomic E-state index is -0.478. The molecule has 0 aliphatic heterocycles. The zero-order valence-electron chi connectivity index (χ0n) is 13.6. The third-order valence-electron chi connectivity index (χ3n) is 3.80. The van der Waals surface area contributed by atoms with Crippen LogP contribution in [0.15, 0.2) is 70.2 Å². The van der Waals surface area contributed by atoms with Crippen LogP contribution in [0, 0.1) is 10.1 Å². The number of nitrogens with zero attached hydrogens (tertiary/aromatic N) is 2. The molecule has 26 heavy (non-hydrogen) atoms. The number of rotatable bonds is 5. The van der Waals surface area contributed by atoms with Crippen molar-refractivity contribution in [2.24, 2.45) is 5.10 Å². The lowest BCUT2D eigenvalue weighted by Gasteiger charge is -2.07. The topological polar surface area (TPSA) is 84.6 Å². The van der Waals surface area contributed by atoms with E-state index in [-0.39, 0.29) is 18.0 Å². The van der Waals surface area contributed by atoms with E-state index in [0.29, 0.717) is 5.56 Å². The molecule has 0 aliphatic rings. The molecule has 0 spiro atoms. The van der Waals surface area contributed by atoms with Gasteiger partial charge >= 0.3 is 0 Å². The molecule has 1 N–H and O–H groups in total. The number of carbonyl (C=O) groups excluding carboxylic acids is 1. The molecular weight excluding hydrogens is 398 g/mol. The fraction of sp³-hybridized carbons (Fsp3) is 0.0526. The first kappa shape index (κ1) is 17.8. The maximum absolute atomic E-state index is 12.2. The molecule has 0 aliphatic carbocycles. The second-order valence-electron chi connectivity index (χ2n) is 5.57. The van der Waals surface area contributed by atoms with Crippen LogP contribution in [0.2, 0.25) is 0 Å². The number of benzene rings is 3. The van der Waals surface area contributed by atoms with Gasteiger partial charge in [0, 0.05) is 22.2 Å². The molecule has 0 atom stereocenters. The second kappa shape index (κ2) is 7.88. The maximum atomic E-state index is 12.2. The third kappa shape index (κ3) is 4.12. The molecule has 130 valence electrons. The van der Waals surface area contributed by atoms with Crippen LogP contribution in [0.4, 0.5) is 5.69 Å². The Bertz CT molecular complexity index is 1020. The molecule has 3 aromatic carbocycles. The largest absolute Gasteiger partial charge is 0.273 e. The van der Waals surface area contributed by atoms with Crippen molar-refractivity contribution in [1.82, 2.24) is 5.43 Å². The van der Waals surface area contributed by atoms with Gasteiger partial charge in [0.05, 0.1) is 17.6 Å². The van der Waals surface area contributed by atoms with E-state index in [0.717, 1.165) is 20.8 Å². The fourth-order valence-electron chi connectivity index (χ4n) is 2.59. The normalized spacial score (nSPS) is 11.0. The molecule has 3 aromatic rings. The van der Waals surface area contributed by atoms with E-state index in [1.165, 1.54) is 18.3 Å². The lowest BCUT2D eigenvalue weighted by atomic mass is 10.0. The van der Waals surface area contributed by atoms with Crippen molar-refractivity contribution in [3.05, 3.63) is 86.4 Å². The Morgan fingerprint density at radius 2 is 1.88 bits per heavy atom. The molecule has 3 rings (SSSR count). The van der Waals surface area contributed by atoms with Crippen LogP contribution in [-0.2, 0) is 11.2 Å². The summed E-state index contributed by atoms with van der Waals surface area (Å²) in [6, 6.07) is 17.7. The van der Waals surface area contributed by atoms with Crippen LogP contribution in [0.25, 0.3) is 10.8 Å². The first-order chi connectivity index (χ1) is 12.5. The predicted molar refractivity (Wildman–Crippen MR) is 104 cm³/mol. The van der Waals surface area contributed by atoms with Gasteiger partial charge in [-0.15, -0.1) is 0 Å². The highest BCUT2D eigenvalue weighted by Crippen LogP contribution is 2.27. The molecule has 0 saturated carbocycles. The van der Waals surface area contributed by atoms with Gasteiger partial charge < -0.3 is 0 Å². The predicted octanol–water partition coefficient (Wildman–Crippen LogP) is 4.20. The monoisotopic (exact) mass is 411 g/mol. The number of fused-ring (bicyclic) bond motifs is 1. The van der Waals surface area contributed by atoms with E-state index in [9.17, 15) is 14.9 Å². The summed E-state index contributed by atoms with van der Waals surface area (Å²) in [7, 11) is 0. The molecule has 0 aromatic heterocycles.